The molecule has 0 unspecified atom stereocenters. The van der Waals surface area contributed by atoms with Gasteiger partial charge in [-0.05, 0) is 41.9 Å². The number of hydrogen-bond acceptors (Lipinski definition) is 5. The van der Waals surface area contributed by atoms with Crippen molar-refractivity contribution in [1.29, 1.82) is 0 Å². The van der Waals surface area contributed by atoms with Gasteiger partial charge in [-0.3, -0.25) is 4.79 Å². The molecule has 1 aromatic carbocycles. The van der Waals surface area contributed by atoms with Crippen molar-refractivity contribution in [2.75, 3.05) is 26.2 Å². The molecule has 1 atom stereocenters. The van der Waals surface area contributed by atoms with Gasteiger partial charge in [0.1, 0.15) is 12.4 Å². The topological polar surface area (TPSA) is 75.9 Å². The van der Waals surface area contributed by atoms with Crippen LogP contribution in [0.5, 0.6) is 0 Å². The monoisotopic (exact) mass is 314 g/mol. The third-order valence-electron chi connectivity index (χ3n) is 4.18. The first-order valence-electron chi connectivity index (χ1n) is 8.09. The van der Waals surface area contributed by atoms with E-state index in [1.807, 2.05) is 30.3 Å². The predicted molar refractivity (Wildman–Crippen MR) is 85.7 cm³/mol. The standard InChI is InChI=1S/C16H22N6O/c23-16(17-8-11-21-9-4-5-10-21)15(22-13-18-19-20-22)12-14-6-2-1-3-7-14/h1-3,6-7,13,15H,4-5,8-12H2,(H,17,23)/t15-/m1/s1. The smallest absolute Gasteiger partial charge is 0.245 e. The summed E-state index contributed by atoms with van der Waals surface area (Å²) in [6.45, 7) is 3.83. The summed E-state index contributed by atoms with van der Waals surface area (Å²) < 4.78 is 1.53. The molecule has 7 heteroatoms. The Hall–Kier alpha value is -2.28. The summed E-state index contributed by atoms with van der Waals surface area (Å²) in [5.74, 6) is -0.0413. The first kappa shape index (κ1) is 15.6. The Morgan fingerprint density at radius 2 is 2.00 bits per heavy atom. The van der Waals surface area contributed by atoms with Crippen molar-refractivity contribution in [3.8, 4) is 0 Å². The molecule has 0 saturated carbocycles. The van der Waals surface area contributed by atoms with Gasteiger partial charge in [-0.1, -0.05) is 30.3 Å². The fourth-order valence-electron chi connectivity index (χ4n) is 2.92. The van der Waals surface area contributed by atoms with E-state index in [1.54, 1.807) is 0 Å². The summed E-state index contributed by atoms with van der Waals surface area (Å²) in [5.41, 5.74) is 1.09. The maximum Gasteiger partial charge on any atom is 0.245 e. The summed E-state index contributed by atoms with van der Waals surface area (Å²) in [4.78, 5) is 15.0. The van der Waals surface area contributed by atoms with E-state index < -0.39 is 6.04 Å². The van der Waals surface area contributed by atoms with Crippen molar-refractivity contribution in [3.05, 3.63) is 42.2 Å². The highest BCUT2D eigenvalue weighted by molar-refractivity contribution is 5.80. The SMILES string of the molecule is O=C(NCCN1CCCC1)[C@@H](Cc1ccccc1)n1cnnn1. The van der Waals surface area contributed by atoms with Crippen LogP contribution in [-0.2, 0) is 11.2 Å². The number of carbonyl (C=O) groups excluding carboxylic acids is 1. The molecule has 23 heavy (non-hydrogen) atoms. The van der Waals surface area contributed by atoms with Crippen LogP contribution in [0.4, 0.5) is 0 Å². The van der Waals surface area contributed by atoms with Gasteiger partial charge in [-0.25, -0.2) is 4.68 Å². The van der Waals surface area contributed by atoms with Crippen LogP contribution in [-0.4, -0.2) is 57.2 Å². The molecule has 0 bridgehead atoms. The van der Waals surface area contributed by atoms with Gasteiger partial charge in [-0.2, -0.15) is 0 Å². The molecule has 0 radical (unpaired) electrons. The third-order valence-corrected chi connectivity index (χ3v) is 4.18. The molecule has 2 aromatic rings. The van der Waals surface area contributed by atoms with E-state index in [2.05, 4.69) is 25.7 Å². The lowest BCUT2D eigenvalue weighted by atomic mass is 10.1. The average Bonchev–Trinajstić information content (AvgIpc) is 3.27. The molecule has 1 N–H and O–H groups in total. The second-order valence-electron chi connectivity index (χ2n) is 5.84. The molecular formula is C16H22N6O. The van der Waals surface area contributed by atoms with Gasteiger partial charge in [0.05, 0.1) is 0 Å². The Labute approximate surface area is 135 Å². The van der Waals surface area contributed by atoms with Gasteiger partial charge in [0, 0.05) is 19.5 Å². The molecule has 1 amide bonds. The lowest BCUT2D eigenvalue weighted by Crippen LogP contribution is -2.38. The van der Waals surface area contributed by atoms with Crippen molar-refractivity contribution in [3.63, 3.8) is 0 Å². The van der Waals surface area contributed by atoms with Crippen LogP contribution in [0.15, 0.2) is 36.7 Å². The second-order valence-corrected chi connectivity index (χ2v) is 5.84. The van der Waals surface area contributed by atoms with Crippen molar-refractivity contribution in [1.82, 2.24) is 30.4 Å². The van der Waals surface area contributed by atoms with Crippen LogP contribution in [0.25, 0.3) is 0 Å². The summed E-state index contributed by atoms with van der Waals surface area (Å²) >= 11 is 0. The van der Waals surface area contributed by atoms with Crippen molar-refractivity contribution in [2.45, 2.75) is 25.3 Å². The van der Waals surface area contributed by atoms with Gasteiger partial charge >= 0.3 is 0 Å². The zero-order valence-electron chi connectivity index (χ0n) is 13.1. The van der Waals surface area contributed by atoms with Gasteiger partial charge < -0.3 is 10.2 Å². The van der Waals surface area contributed by atoms with Crippen molar-refractivity contribution in [2.24, 2.45) is 0 Å². The van der Waals surface area contributed by atoms with Crippen LogP contribution >= 0.6 is 0 Å². The summed E-state index contributed by atoms with van der Waals surface area (Å²) in [6.07, 6.45) is 4.58. The maximum absolute atomic E-state index is 12.6. The Morgan fingerprint density at radius 1 is 1.22 bits per heavy atom. The van der Waals surface area contributed by atoms with E-state index in [9.17, 15) is 4.79 Å². The van der Waals surface area contributed by atoms with E-state index in [-0.39, 0.29) is 5.91 Å². The van der Waals surface area contributed by atoms with Gasteiger partial charge in [-0.15, -0.1) is 5.10 Å². The lowest BCUT2D eigenvalue weighted by molar-refractivity contribution is -0.124. The van der Waals surface area contributed by atoms with Crippen LogP contribution in [0, 0.1) is 0 Å². The number of benzene rings is 1. The number of rotatable bonds is 7. The number of aromatic nitrogens is 4. The number of likely N-dealkylation sites (tertiary alicyclic amines) is 1. The molecule has 1 aliphatic heterocycles. The zero-order valence-corrected chi connectivity index (χ0v) is 13.1. The van der Waals surface area contributed by atoms with Crippen LogP contribution in [0.3, 0.4) is 0 Å². The number of hydrogen-bond donors (Lipinski definition) is 1. The quantitative estimate of drug-likeness (QED) is 0.813. The number of nitrogens with one attached hydrogen (secondary N) is 1. The minimum Gasteiger partial charge on any atom is -0.353 e. The Balaban J connectivity index is 1.59. The largest absolute Gasteiger partial charge is 0.353 e. The highest BCUT2D eigenvalue weighted by Gasteiger charge is 2.22. The van der Waals surface area contributed by atoms with Gasteiger partial charge in [0.15, 0.2) is 0 Å². The van der Waals surface area contributed by atoms with E-state index in [0.717, 1.165) is 25.2 Å². The van der Waals surface area contributed by atoms with E-state index in [1.165, 1.54) is 23.9 Å². The molecule has 1 aliphatic rings. The maximum atomic E-state index is 12.6. The van der Waals surface area contributed by atoms with Crippen LogP contribution in [0.2, 0.25) is 0 Å². The first-order valence-corrected chi connectivity index (χ1v) is 8.09. The zero-order chi connectivity index (χ0) is 15.9. The highest BCUT2D eigenvalue weighted by atomic mass is 16.2. The third kappa shape index (κ3) is 4.35. The molecule has 7 nitrogen and oxygen atoms in total. The molecule has 0 spiro atoms. The molecule has 122 valence electrons. The fourth-order valence-corrected chi connectivity index (χ4v) is 2.92. The number of nitrogens with zero attached hydrogens (tertiary/aromatic N) is 5. The summed E-state index contributed by atoms with van der Waals surface area (Å²) in [5, 5.41) is 14.2. The molecule has 1 fully saturated rings. The Bertz CT molecular complexity index is 594. The van der Waals surface area contributed by atoms with Gasteiger partial charge in [0.2, 0.25) is 5.91 Å². The van der Waals surface area contributed by atoms with E-state index in [4.69, 9.17) is 0 Å². The van der Waals surface area contributed by atoms with E-state index >= 15 is 0 Å². The molecule has 1 aromatic heterocycles. The number of carbonyl (C=O) groups is 1. The van der Waals surface area contributed by atoms with Gasteiger partial charge in [0.25, 0.3) is 0 Å². The number of tetrazole rings is 1. The summed E-state index contributed by atoms with van der Waals surface area (Å²) in [6, 6.07) is 9.50. The normalized spacial score (nSPS) is 16.3. The minimum absolute atomic E-state index is 0.0413. The van der Waals surface area contributed by atoms with Crippen LogP contribution in [0.1, 0.15) is 24.4 Å². The first-order chi connectivity index (χ1) is 11.3. The minimum atomic E-state index is -0.425. The summed E-state index contributed by atoms with van der Waals surface area (Å²) in [7, 11) is 0. The molecule has 0 aliphatic carbocycles. The highest BCUT2D eigenvalue weighted by Crippen LogP contribution is 2.13. The second kappa shape index (κ2) is 7.82. The van der Waals surface area contributed by atoms with Crippen LogP contribution < -0.4 is 5.32 Å². The molecule has 2 heterocycles. The van der Waals surface area contributed by atoms with E-state index in [0.29, 0.717) is 13.0 Å². The van der Waals surface area contributed by atoms with Crippen molar-refractivity contribution >= 4 is 5.91 Å². The Kier molecular flexibility index (Phi) is 5.31. The predicted octanol–water partition coefficient (Wildman–Crippen LogP) is 0.669. The molecular weight excluding hydrogens is 292 g/mol. The number of amides is 1. The molecule has 1 saturated heterocycles. The average molecular weight is 314 g/mol. The fraction of sp³-hybridized carbons (Fsp3) is 0.500. The van der Waals surface area contributed by atoms with Crippen molar-refractivity contribution < 1.29 is 4.79 Å². The lowest BCUT2D eigenvalue weighted by Gasteiger charge is -2.18. The molecule has 3 rings (SSSR count). The Morgan fingerprint density at radius 3 is 2.70 bits per heavy atom.